The van der Waals surface area contributed by atoms with Crippen molar-refractivity contribution < 1.29 is 0 Å². The van der Waals surface area contributed by atoms with Gasteiger partial charge in [0.1, 0.15) is 5.84 Å². The van der Waals surface area contributed by atoms with Crippen LogP contribution in [0.15, 0.2) is 0 Å². The maximum absolute atomic E-state index is 7.43. The molecule has 0 saturated carbocycles. The van der Waals surface area contributed by atoms with Gasteiger partial charge in [-0.15, -0.1) is 0 Å². The highest BCUT2D eigenvalue weighted by Crippen LogP contribution is 2.21. The predicted octanol–water partition coefficient (Wildman–Crippen LogP) is 1.53. The molecular weight excluding hydrogens is 194 g/mol. The van der Waals surface area contributed by atoms with E-state index in [1.165, 1.54) is 19.3 Å². The standard InChI is InChI=1S/C10H21N3S/c1-8(10(11)12)13-6-3-4-9(14-2)5-7-13/h8-9H,3-7H2,1-2H3,(H3,11,12). The highest BCUT2D eigenvalue weighted by molar-refractivity contribution is 7.99. The number of amidine groups is 1. The van der Waals surface area contributed by atoms with Gasteiger partial charge < -0.3 is 5.73 Å². The molecule has 1 aliphatic rings. The van der Waals surface area contributed by atoms with Crippen LogP contribution < -0.4 is 5.73 Å². The van der Waals surface area contributed by atoms with E-state index in [2.05, 4.69) is 11.2 Å². The van der Waals surface area contributed by atoms with E-state index in [-0.39, 0.29) is 6.04 Å². The Morgan fingerprint density at radius 1 is 1.50 bits per heavy atom. The van der Waals surface area contributed by atoms with Crippen molar-refractivity contribution >= 4 is 17.6 Å². The summed E-state index contributed by atoms with van der Waals surface area (Å²) in [6, 6.07) is 0.121. The number of hydrogen-bond donors (Lipinski definition) is 2. The van der Waals surface area contributed by atoms with Crippen LogP contribution in [0.25, 0.3) is 0 Å². The zero-order chi connectivity index (χ0) is 10.6. The van der Waals surface area contributed by atoms with E-state index in [9.17, 15) is 0 Å². The molecular formula is C10H21N3S. The van der Waals surface area contributed by atoms with Gasteiger partial charge in [-0.3, -0.25) is 10.3 Å². The van der Waals surface area contributed by atoms with Crippen molar-refractivity contribution in [3.05, 3.63) is 0 Å². The van der Waals surface area contributed by atoms with Gasteiger partial charge in [0.25, 0.3) is 0 Å². The summed E-state index contributed by atoms with van der Waals surface area (Å²) in [6.45, 7) is 4.21. The minimum Gasteiger partial charge on any atom is -0.386 e. The molecule has 82 valence electrons. The first-order chi connectivity index (χ1) is 6.65. The Bertz CT molecular complexity index is 196. The smallest absolute Gasteiger partial charge is 0.108 e. The summed E-state index contributed by atoms with van der Waals surface area (Å²) in [5, 5.41) is 8.24. The molecule has 0 aromatic rings. The number of likely N-dealkylation sites (tertiary alicyclic amines) is 1. The van der Waals surface area contributed by atoms with Gasteiger partial charge in [0, 0.05) is 5.25 Å². The number of thioether (sulfide) groups is 1. The lowest BCUT2D eigenvalue weighted by Gasteiger charge is -2.26. The van der Waals surface area contributed by atoms with Crippen LogP contribution in [0.1, 0.15) is 26.2 Å². The summed E-state index contributed by atoms with van der Waals surface area (Å²) in [5.41, 5.74) is 5.52. The second-order valence-electron chi connectivity index (χ2n) is 3.96. The first-order valence-corrected chi connectivity index (χ1v) is 6.54. The molecule has 1 fully saturated rings. The Labute approximate surface area is 90.9 Å². The first kappa shape index (κ1) is 11.9. The molecule has 14 heavy (non-hydrogen) atoms. The molecule has 0 aromatic heterocycles. The van der Waals surface area contributed by atoms with Crippen molar-refractivity contribution in [2.24, 2.45) is 5.73 Å². The molecule has 3 N–H and O–H groups in total. The van der Waals surface area contributed by atoms with Gasteiger partial charge in [-0.25, -0.2) is 0 Å². The van der Waals surface area contributed by atoms with Crippen LogP contribution in [0, 0.1) is 5.41 Å². The summed E-state index contributed by atoms with van der Waals surface area (Å²) in [6.07, 6.45) is 5.97. The first-order valence-electron chi connectivity index (χ1n) is 5.26. The number of nitrogens with zero attached hydrogens (tertiary/aromatic N) is 1. The third kappa shape index (κ3) is 3.17. The Hall–Kier alpha value is -0.220. The SMILES string of the molecule is CSC1CCCN(C(C)C(=N)N)CC1. The molecule has 2 unspecified atom stereocenters. The van der Waals surface area contributed by atoms with Crippen molar-refractivity contribution in [1.29, 1.82) is 5.41 Å². The van der Waals surface area contributed by atoms with E-state index in [4.69, 9.17) is 11.1 Å². The Kier molecular flexibility index (Phi) is 4.75. The fourth-order valence-corrected chi connectivity index (χ4v) is 2.65. The Morgan fingerprint density at radius 3 is 2.79 bits per heavy atom. The molecule has 4 heteroatoms. The zero-order valence-corrected chi connectivity index (χ0v) is 9.94. The lowest BCUT2D eigenvalue weighted by Crippen LogP contribution is -2.42. The van der Waals surface area contributed by atoms with Crippen molar-refractivity contribution in [2.45, 2.75) is 37.5 Å². The molecule has 0 aliphatic carbocycles. The average molecular weight is 215 g/mol. The molecule has 1 aliphatic heterocycles. The molecule has 3 nitrogen and oxygen atoms in total. The average Bonchev–Trinajstić information content (AvgIpc) is 2.41. The van der Waals surface area contributed by atoms with E-state index >= 15 is 0 Å². The molecule has 0 radical (unpaired) electrons. The number of nitrogens with two attached hydrogens (primary N) is 1. The van der Waals surface area contributed by atoms with Crippen LogP contribution in [0.5, 0.6) is 0 Å². The minimum atomic E-state index is 0.121. The van der Waals surface area contributed by atoms with Crippen LogP contribution in [-0.2, 0) is 0 Å². The topological polar surface area (TPSA) is 53.1 Å². The summed E-state index contributed by atoms with van der Waals surface area (Å²) in [4.78, 5) is 2.33. The monoisotopic (exact) mass is 215 g/mol. The maximum atomic E-state index is 7.43. The predicted molar refractivity (Wildman–Crippen MR) is 64.1 cm³/mol. The summed E-state index contributed by atoms with van der Waals surface area (Å²) >= 11 is 1.97. The van der Waals surface area contributed by atoms with Crippen LogP contribution in [-0.4, -0.2) is 41.4 Å². The van der Waals surface area contributed by atoms with Crippen molar-refractivity contribution in [3.63, 3.8) is 0 Å². The summed E-state index contributed by atoms with van der Waals surface area (Å²) in [5.74, 6) is 0.299. The molecule has 1 saturated heterocycles. The van der Waals surface area contributed by atoms with Gasteiger partial charge in [0.2, 0.25) is 0 Å². The second kappa shape index (κ2) is 5.61. The summed E-state index contributed by atoms with van der Waals surface area (Å²) < 4.78 is 0. The van der Waals surface area contributed by atoms with E-state index < -0.39 is 0 Å². The van der Waals surface area contributed by atoms with E-state index in [1.807, 2.05) is 18.7 Å². The van der Waals surface area contributed by atoms with Crippen molar-refractivity contribution in [2.75, 3.05) is 19.3 Å². The Morgan fingerprint density at radius 2 is 2.21 bits per heavy atom. The fraction of sp³-hybridized carbons (Fsp3) is 0.900. The molecule has 0 bridgehead atoms. The molecule has 0 aromatic carbocycles. The lowest BCUT2D eigenvalue weighted by molar-refractivity contribution is 0.262. The van der Waals surface area contributed by atoms with Crippen LogP contribution >= 0.6 is 11.8 Å². The second-order valence-corrected chi connectivity index (χ2v) is 5.09. The highest BCUT2D eigenvalue weighted by Gasteiger charge is 2.21. The van der Waals surface area contributed by atoms with E-state index in [0.29, 0.717) is 5.84 Å². The van der Waals surface area contributed by atoms with Crippen LogP contribution in [0.3, 0.4) is 0 Å². The van der Waals surface area contributed by atoms with Crippen LogP contribution in [0.4, 0.5) is 0 Å². The van der Waals surface area contributed by atoms with Gasteiger partial charge >= 0.3 is 0 Å². The quantitative estimate of drug-likeness (QED) is 0.554. The maximum Gasteiger partial charge on any atom is 0.108 e. The molecule has 1 heterocycles. The minimum absolute atomic E-state index is 0.121. The zero-order valence-electron chi connectivity index (χ0n) is 9.12. The Balaban J connectivity index is 2.45. The van der Waals surface area contributed by atoms with Gasteiger partial charge in [-0.1, -0.05) is 0 Å². The number of rotatable bonds is 3. The van der Waals surface area contributed by atoms with E-state index in [1.54, 1.807) is 0 Å². The lowest BCUT2D eigenvalue weighted by atomic mass is 10.2. The van der Waals surface area contributed by atoms with E-state index in [0.717, 1.165) is 18.3 Å². The number of hydrogen-bond acceptors (Lipinski definition) is 3. The normalized spacial score (nSPS) is 26.9. The highest BCUT2D eigenvalue weighted by atomic mass is 32.2. The van der Waals surface area contributed by atoms with Gasteiger partial charge in [0.15, 0.2) is 0 Å². The molecule has 1 rings (SSSR count). The number of nitrogens with one attached hydrogen (secondary N) is 1. The van der Waals surface area contributed by atoms with Gasteiger partial charge in [-0.2, -0.15) is 11.8 Å². The van der Waals surface area contributed by atoms with Crippen molar-refractivity contribution in [1.82, 2.24) is 4.90 Å². The molecule has 0 amide bonds. The van der Waals surface area contributed by atoms with Gasteiger partial charge in [0.05, 0.1) is 6.04 Å². The van der Waals surface area contributed by atoms with Gasteiger partial charge in [-0.05, 0) is 45.5 Å². The molecule has 0 spiro atoms. The third-order valence-electron chi connectivity index (χ3n) is 3.04. The summed E-state index contributed by atoms with van der Waals surface area (Å²) in [7, 11) is 0. The fourth-order valence-electron chi connectivity index (χ4n) is 1.91. The third-order valence-corrected chi connectivity index (χ3v) is 4.18. The van der Waals surface area contributed by atoms with Crippen molar-refractivity contribution in [3.8, 4) is 0 Å². The van der Waals surface area contributed by atoms with Crippen LogP contribution in [0.2, 0.25) is 0 Å². The largest absolute Gasteiger partial charge is 0.386 e. The molecule has 2 atom stereocenters.